The number of hydrogen-bond acceptors (Lipinski definition) is 3. The minimum absolute atomic E-state index is 0.0424. The van der Waals surface area contributed by atoms with Crippen molar-refractivity contribution in [3.63, 3.8) is 0 Å². The Kier molecular flexibility index (Phi) is 6.00. The molecule has 6 heteroatoms. The van der Waals surface area contributed by atoms with Crippen LogP contribution in [0.3, 0.4) is 0 Å². The topological polar surface area (TPSA) is 46.5 Å². The van der Waals surface area contributed by atoms with Crippen LogP contribution >= 0.6 is 11.6 Å². The van der Waals surface area contributed by atoms with Crippen LogP contribution in [0, 0.1) is 0 Å². The molecule has 2 heterocycles. The number of carbonyl (C=O) groups is 1. The summed E-state index contributed by atoms with van der Waals surface area (Å²) in [6, 6.07) is 11.7. The van der Waals surface area contributed by atoms with E-state index in [0.29, 0.717) is 30.8 Å². The van der Waals surface area contributed by atoms with Crippen LogP contribution in [0.15, 0.2) is 42.6 Å². The monoisotopic (exact) mass is 361 g/mol. The second kappa shape index (κ2) is 8.41. The lowest BCUT2D eigenvalue weighted by Crippen LogP contribution is -2.38. The maximum absolute atomic E-state index is 12.2. The van der Waals surface area contributed by atoms with Crippen molar-refractivity contribution >= 4 is 17.5 Å². The molecule has 25 heavy (non-hydrogen) atoms. The molecule has 134 valence electrons. The first-order valence-corrected chi connectivity index (χ1v) is 9.01. The van der Waals surface area contributed by atoms with Gasteiger partial charge in [0.1, 0.15) is 12.4 Å². The van der Waals surface area contributed by atoms with Gasteiger partial charge in [-0.3, -0.25) is 9.69 Å². The van der Waals surface area contributed by atoms with Gasteiger partial charge in [-0.05, 0) is 55.8 Å². The van der Waals surface area contributed by atoms with Crippen molar-refractivity contribution in [2.45, 2.75) is 18.9 Å². The summed E-state index contributed by atoms with van der Waals surface area (Å²) in [7, 11) is 2.06. The number of ether oxygens (including phenoxy) is 1. The molecule has 0 saturated carbocycles. The Hall–Kier alpha value is -1.98. The molecule has 0 unspecified atom stereocenters. The van der Waals surface area contributed by atoms with E-state index in [1.54, 1.807) is 12.1 Å². The molecule has 1 saturated heterocycles. The lowest BCUT2D eigenvalue weighted by atomic mass is 10.1. The van der Waals surface area contributed by atoms with Gasteiger partial charge in [-0.2, -0.15) is 0 Å². The molecular weight excluding hydrogens is 338 g/mol. The lowest BCUT2D eigenvalue weighted by Gasteiger charge is -2.24. The van der Waals surface area contributed by atoms with E-state index in [-0.39, 0.29) is 5.91 Å². The Balaban J connectivity index is 1.41. The smallest absolute Gasteiger partial charge is 0.234 e. The van der Waals surface area contributed by atoms with Crippen molar-refractivity contribution < 1.29 is 9.53 Å². The number of likely N-dealkylation sites (tertiary alicyclic amines) is 1. The molecule has 0 bridgehead atoms. The van der Waals surface area contributed by atoms with Crippen molar-refractivity contribution in [3.8, 4) is 5.75 Å². The van der Waals surface area contributed by atoms with Gasteiger partial charge in [-0.1, -0.05) is 11.6 Å². The maximum atomic E-state index is 12.2. The molecule has 1 atom stereocenters. The third-order valence-electron chi connectivity index (χ3n) is 4.54. The molecule has 1 aromatic carbocycles. The van der Waals surface area contributed by atoms with E-state index >= 15 is 0 Å². The quantitative estimate of drug-likeness (QED) is 0.771. The first kappa shape index (κ1) is 17.8. The van der Waals surface area contributed by atoms with E-state index in [1.807, 2.05) is 12.1 Å². The average molecular weight is 362 g/mol. The fraction of sp³-hybridized carbons (Fsp3) is 0.421. The molecule has 0 aliphatic carbocycles. The van der Waals surface area contributed by atoms with Crippen LogP contribution in [0.2, 0.25) is 5.02 Å². The zero-order chi connectivity index (χ0) is 17.6. The van der Waals surface area contributed by atoms with E-state index in [0.717, 1.165) is 25.1 Å². The lowest BCUT2D eigenvalue weighted by molar-refractivity contribution is -0.122. The summed E-state index contributed by atoms with van der Waals surface area (Å²) in [5, 5.41) is 3.61. The van der Waals surface area contributed by atoms with Gasteiger partial charge in [-0.25, -0.2) is 0 Å². The van der Waals surface area contributed by atoms with Gasteiger partial charge in [0.15, 0.2) is 0 Å². The number of amides is 1. The Bertz CT molecular complexity index is 699. The number of benzene rings is 1. The molecule has 1 N–H and O–H groups in total. The van der Waals surface area contributed by atoms with Gasteiger partial charge in [-0.15, -0.1) is 0 Å². The second-order valence-electron chi connectivity index (χ2n) is 6.32. The molecule has 1 aromatic heterocycles. The minimum atomic E-state index is 0.0424. The van der Waals surface area contributed by atoms with E-state index in [9.17, 15) is 4.79 Å². The number of carbonyl (C=O) groups excluding carboxylic acids is 1. The fourth-order valence-electron chi connectivity index (χ4n) is 3.30. The summed E-state index contributed by atoms with van der Waals surface area (Å²) in [6.07, 6.45) is 4.29. The summed E-state index contributed by atoms with van der Waals surface area (Å²) in [6.45, 7) is 2.32. The van der Waals surface area contributed by atoms with E-state index in [2.05, 4.69) is 40.2 Å². The Labute approximate surface area is 153 Å². The van der Waals surface area contributed by atoms with Crippen LogP contribution in [0.1, 0.15) is 24.6 Å². The summed E-state index contributed by atoms with van der Waals surface area (Å²) in [4.78, 5) is 14.5. The number of nitrogens with one attached hydrogen (secondary N) is 1. The number of rotatable bonds is 7. The third-order valence-corrected chi connectivity index (χ3v) is 4.79. The molecule has 3 rings (SSSR count). The minimum Gasteiger partial charge on any atom is -0.492 e. The molecule has 5 nitrogen and oxygen atoms in total. The Morgan fingerprint density at radius 1 is 1.32 bits per heavy atom. The van der Waals surface area contributed by atoms with Gasteiger partial charge >= 0.3 is 0 Å². The highest BCUT2D eigenvalue weighted by Crippen LogP contribution is 2.31. The summed E-state index contributed by atoms with van der Waals surface area (Å²) in [5.74, 6) is 0.794. The standard InChI is InChI=1S/C19H24ClN3O2/c1-22-11-2-4-17(22)18-5-3-12-23(18)14-19(24)21-10-13-25-16-8-6-15(20)7-9-16/h2,4,6-9,11,18H,3,5,10,12-14H2,1H3,(H,21,24)/t18-/m1/s1. The molecule has 0 radical (unpaired) electrons. The third kappa shape index (κ3) is 4.77. The van der Waals surface area contributed by atoms with Gasteiger partial charge in [0, 0.05) is 24.0 Å². The van der Waals surface area contributed by atoms with Crippen molar-refractivity contribution in [1.82, 2.24) is 14.8 Å². The number of nitrogens with zero attached hydrogens (tertiary/aromatic N) is 2. The van der Waals surface area contributed by atoms with Gasteiger partial charge in [0.2, 0.25) is 5.91 Å². The highest BCUT2D eigenvalue weighted by atomic mass is 35.5. The molecule has 2 aromatic rings. The molecule has 1 aliphatic rings. The first-order chi connectivity index (χ1) is 12.1. The predicted octanol–water partition coefficient (Wildman–Crippen LogP) is 3.01. The molecule has 1 aliphatic heterocycles. The number of aryl methyl sites for hydroxylation is 1. The van der Waals surface area contributed by atoms with Gasteiger partial charge < -0.3 is 14.6 Å². The number of aromatic nitrogens is 1. The average Bonchev–Trinajstić information content (AvgIpc) is 3.21. The van der Waals surface area contributed by atoms with Crippen LogP contribution in [-0.4, -0.2) is 41.6 Å². The van der Waals surface area contributed by atoms with E-state index in [1.165, 1.54) is 5.69 Å². The molecular formula is C19H24ClN3O2. The van der Waals surface area contributed by atoms with Gasteiger partial charge in [0.05, 0.1) is 19.1 Å². The van der Waals surface area contributed by atoms with Crippen LogP contribution in [0.4, 0.5) is 0 Å². The predicted molar refractivity (Wildman–Crippen MR) is 98.9 cm³/mol. The van der Waals surface area contributed by atoms with Crippen molar-refractivity contribution in [2.24, 2.45) is 7.05 Å². The Morgan fingerprint density at radius 3 is 2.84 bits per heavy atom. The number of halogens is 1. The van der Waals surface area contributed by atoms with Crippen molar-refractivity contribution in [3.05, 3.63) is 53.3 Å². The zero-order valence-electron chi connectivity index (χ0n) is 14.5. The van der Waals surface area contributed by atoms with Crippen LogP contribution in [0.5, 0.6) is 5.75 Å². The number of hydrogen-bond donors (Lipinski definition) is 1. The Morgan fingerprint density at radius 2 is 2.12 bits per heavy atom. The van der Waals surface area contributed by atoms with Crippen LogP contribution < -0.4 is 10.1 Å². The largest absolute Gasteiger partial charge is 0.492 e. The van der Waals surface area contributed by atoms with Gasteiger partial charge in [0.25, 0.3) is 0 Å². The van der Waals surface area contributed by atoms with Crippen LogP contribution in [0.25, 0.3) is 0 Å². The molecule has 0 spiro atoms. The first-order valence-electron chi connectivity index (χ1n) is 8.64. The fourth-order valence-corrected chi connectivity index (χ4v) is 3.43. The van der Waals surface area contributed by atoms with E-state index < -0.39 is 0 Å². The summed E-state index contributed by atoms with van der Waals surface area (Å²) >= 11 is 5.84. The van der Waals surface area contributed by atoms with Crippen molar-refractivity contribution in [2.75, 3.05) is 26.2 Å². The van der Waals surface area contributed by atoms with Crippen molar-refractivity contribution in [1.29, 1.82) is 0 Å². The second-order valence-corrected chi connectivity index (χ2v) is 6.76. The zero-order valence-corrected chi connectivity index (χ0v) is 15.2. The SMILES string of the molecule is Cn1cccc1[C@H]1CCCN1CC(=O)NCCOc1ccc(Cl)cc1. The van der Waals surface area contributed by atoms with Crippen LogP contribution in [-0.2, 0) is 11.8 Å². The molecule has 1 fully saturated rings. The summed E-state index contributed by atoms with van der Waals surface area (Å²) < 4.78 is 7.73. The normalized spacial score (nSPS) is 17.6. The van der Waals surface area contributed by atoms with E-state index in [4.69, 9.17) is 16.3 Å². The highest BCUT2D eigenvalue weighted by molar-refractivity contribution is 6.30. The maximum Gasteiger partial charge on any atom is 0.234 e. The summed E-state index contributed by atoms with van der Waals surface area (Å²) in [5.41, 5.74) is 1.27. The molecule has 1 amide bonds. The highest BCUT2D eigenvalue weighted by Gasteiger charge is 2.28.